The molecule has 128 valence electrons. The van der Waals surface area contributed by atoms with E-state index < -0.39 is 5.97 Å². The number of pyridine rings is 2. The molecule has 0 aromatic carbocycles. The van der Waals surface area contributed by atoms with Crippen LogP contribution in [-0.2, 0) is 7.05 Å². The van der Waals surface area contributed by atoms with Crippen molar-refractivity contribution in [3.05, 3.63) is 42.4 Å². The van der Waals surface area contributed by atoms with E-state index in [1.165, 1.54) is 6.20 Å². The molecule has 25 heavy (non-hydrogen) atoms. The zero-order valence-electron chi connectivity index (χ0n) is 13.8. The molecule has 0 bridgehead atoms. The Morgan fingerprint density at radius 2 is 1.80 bits per heavy atom. The zero-order valence-corrected chi connectivity index (χ0v) is 13.8. The van der Waals surface area contributed by atoms with E-state index in [9.17, 15) is 4.79 Å². The molecule has 1 saturated heterocycles. The maximum Gasteiger partial charge on any atom is 0.337 e. The minimum absolute atomic E-state index is 0.207. The molecule has 3 aromatic rings. The quantitative estimate of drug-likeness (QED) is 0.772. The van der Waals surface area contributed by atoms with Crippen LogP contribution in [-0.4, -0.2) is 57.0 Å². The highest BCUT2D eigenvalue weighted by Gasteiger charge is 2.21. The van der Waals surface area contributed by atoms with Crippen LogP contribution in [0.1, 0.15) is 10.4 Å². The Bertz CT molecular complexity index is 913. The maximum absolute atomic E-state index is 10.9. The van der Waals surface area contributed by atoms with E-state index in [1.807, 2.05) is 25.5 Å². The van der Waals surface area contributed by atoms with Gasteiger partial charge in [-0.05, 0) is 18.2 Å². The number of carbonyl (C=O) groups is 1. The SMILES string of the molecule is Cn1ncc2c(N3CCN(c4ccc(C(=O)O)cn4)CC3)ccnc21. The van der Waals surface area contributed by atoms with Crippen LogP contribution in [0.25, 0.3) is 11.0 Å². The Morgan fingerprint density at radius 1 is 1.04 bits per heavy atom. The number of fused-ring (bicyclic) bond motifs is 1. The zero-order chi connectivity index (χ0) is 17.4. The summed E-state index contributed by atoms with van der Waals surface area (Å²) in [6.45, 7) is 3.36. The first-order chi connectivity index (χ1) is 12.1. The van der Waals surface area contributed by atoms with Gasteiger partial charge in [-0.2, -0.15) is 5.10 Å². The lowest BCUT2D eigenvalue weighted by Crippen LogP contribution is -2.46. The van der Waals surface area contributed by atoms with E-state index in [2.05, 4.69) is 24.9 Å². The summed E-state index contributed by atoms with van der Waals surface area (Å²) in [5, 5.41) is 14.3. The molecule has 0 unspecified atom stereocenters. The predicted molar refractivity (Wildman–Crippen MR) is 94.1 cm³/mol. The summed E-state index contributed by atoms with van der Waals surface area (Å²) in [7, 11) is 1.89. The van der Waals surface area contributed by atoms with Crippen molar-refractivity contribution >= 4 is 28.5 Å². The van der Waals surface area contributed by atoms with Gasteiger partial charge in [-0.25, -0.2) is 14.8 Å². The van der Waals surface area contributed by atoms with Gasteiger partial charge in [0.05, 0.1) is 22.8 Å². The van der Waals surface area contributed by atoms with Crippen molar-refractivity contribution in [1.29, 1.82) is 0 Å². The van der Waals surface area contributed by atoms with Crippen LogP contribution in [0.15, 0.2) is 36.8 Å². The lowest BCUT2D eigenvalue weighted by atomic mass is 10.2. The second kappa shape index (κ2) is 6.04. The third-order valence-corrected chi connectivity index (χ3v) is 4.55. The number of piperazine rings is 1. The Balaban J connectivity index is 1.50. The summed E-state index contributed by atoms with van der Waals surface area (Å²) in [5.74, 6) is -0.145. The fourth-order valence-electron chi connectivity index (χ4n) is 3.18. The number of anilines is 2. The summed E-state index contributed by atoms with van der Waals surface area (Å²) in [6.07, 6.45) is 5.08. The van der Waals surface area contributed by atoms with Gasteiger partial charge in [0.1, 0.15) is 5.82 Å². The average molecular weight is 338 g/mol. The first-order valence-electron chi connectivity index (χ1n) is 8.09. The van der Waals surface area contributed by atoms with Gasteiger partial charge in [0.25, 0.3) is 0 Å². The fraction of sp³-hybridized carbons (Fsp3) is 0.294. The van der Waals surface area contributed by atoms with E-state index in [-0.39, 0.29) is 5.56 Å². The van der Waals surface area contributed by atoms with Crippen LogP contribution < -0.4 is 9.80 Å². The fourth-order valence-corrected chi connectivity index (χ4v) is 3.18. The molecule has 0 aliphatic carbocycles. The largest absolute Gasteiger partial charge is 0.478 e. The van der Waals surface area contributed by atoms with Gasteiger partial charge < -0.3 is 14.9 Å². The van der Waals surface area contributed by atoms with Crippen molar-refractivity contribution in [3.63, 3.8) is 0 Å². The Labute approximate surface area is 144 Å². The van der Waals surface area contributed by atoms with Crippen molar-refractivity contribution in [2.24, 2.45) is 7.05 Å². The third kappa shape index (κ3) is 2.75. The first-order valence-corrected chi connectivity index (χ1v) is 8.09. The second-order valence-corrected chi connectivity index (χ2v) is 6.02. The highest BCUT2D eigenvalue weighted by molar-refractivity contribution is 5.89. The van der Waals surface area contributed by atoms with Gasteiger partial charge in [0, 0.05) is 45.6 Å². The minimum atomic E-state index is -0.956. The van der Waals surface area contributed by atoms with Crippen molar-refractivity contribution in [2.45, 2.75) is 0 Å². The predicted octanol–water partition coefficient (Wildman–Crippen LogP) is 1.39. The van der Waals surface area contributed by atoms with Crippen LogP contribution in [0.2, 0.25) is 0 Å². The van der Waals surface area contributed by atoms with Crippen LogP contribution in [0.4, 0.5) is 11.5 Å². The monoisotopic (exact) mass is 338 g/mol. The molecule has 8 heteroatoms. The maximum atomic E-state index is 10.9. The van der Waals surface area contributed by atoms with Crippen LogP contribution >= 0.6 is 0 Å². The number of aryl methyl sites for hydroxylation is 1. The number of rotatable bonds is 3. The number of aromatic carboxylic acids is 1. The molecule has 0 amide bonds. The normalized spacial score (nSPS) is 14.9. The smallest absolute Gasteiger partial charge is 0.337 e. The summed E-state index contributed by atoms with van der Waals surface area (Å²) < 4.78 is 1.78. The lowest BCUT2D eigenvalue weighted by Gasteiger charge is -2.36. The number of carboxylic acid groups (broad SMARTS) is 1. The molecule has 4 rings (SSSR count). The number of hydrogen-bond donors (Lipinski definition) is 1. The molecule has 3 aromatic heterocycles. The van der Waals surface area contributed by atoms with E-state index in [1.54, 1.807) is 16.8 Å². The molecule has 0 atom stereocenters. The minimum Gasteiger partial charge on any atom is -0.478 e. The third-order valence-electron chi connectivity index (χ3n) is 4.55. The van der Waals surface area contributed by atoms with Gasteiger partial charge in [0.2, 0.25) is 0 Å². The summed E-state index contributed by atoms with van der Waals surface area (Å²) in [5.41, 5.74) is 2.23. The van der Waals surface area contributed by atoms with Gasteiger partial charge in [-0.1, -0.05) is 0 Å². The van der Waals surface area contributed by atoms with Gasteiger partial charge in [-0.15, -0.1) is 0 Å². The summed E-state index contributed by atoms with van der Waals surface area (Å²) in [6, 6.07) is 5.39. The lowest BCUT2D eigenvalue weighted by molar-refractivity contribution is 0.0696. The van der Waals surface area contributed by atoms with E-state index in [0.29, 0.717) is 0 Å². The van der Waals surface area contributed by atoms with Crippen LogP contribution in [0.5, 0.6) is 0 Å². The highest BCUT2D eigenvalue weighted by Crippen LogP contribution is 2.26. The van der Waals surface area contributed by atoms with Crippen molar-refractivity contribution in [2.75, 3.05) is 36.0 Å². The Kier molecular flexibility index (Phi) is 3.72. The van der Waals surface area contributed by atoms with Gasteiger partial charge in [-0.3, -0.25) is 4.68 Å². The molecule has 0 spiro atoms. The summed E-state index contributed by atoms with van der Waals surface area (Å²) >= 11 is 0. The molecule has 1 aliphatic heterocycles. The molecule has 1 N–H and O–H groups in total. The van der Waals surface area contributed by atoms with Gasteiger partial charge in [0.15, 0.2) is 5.65 Å². The second-order valence-electron chi connectivity index (χ2n) is 6.02. The van der Waals surface area contributed by atoms with E-state index >= 15 is 0 Å². The number of hydrogen-bond acceptors (Lipinski definition) is 6. The summed E-state index contributed by atoms with van der Waals surface area (Å²) in [4.78, 5) is 24.1. The average Bonchev–Trinajstić information content (AvgIpc) is 3.03. The molecule has 1 aliphatic rings. The van der Waals surface area contributed by atoms with E-state index in [0.717, 1.165) is 48.7 Å². The molecular weight excluding hydrogens is 320 g/mol. The standard InChI is InChI=1S/C17H18N6O2/c1-21-16-13(11-20-21)14(4-5-18-16)22-6-8-23(9-7-22)15-3-2-12(10-19-15)17(24)25/h2-5,10-11H,6-9H2,1H3,(H,24,25). The van der Waals surface area contributed by atoms with Crippen LogP contribution in [0.3, 0.4) is 0 Å². The molecule has 8 nitrogen and oxygen atoms in total. The van der Waals surface area contributed by atoms with Crippen LogP contribution in [0, 0.1) is 0 Å². The van der Waals surface area contributed by atoms with Crippen molar-refractivity contribution in [1.82, 2.24) is 19.7 Å². The topological polar surface area (TPSA) is 87.4 Å². The van der Waals surface area contributed by atoms with Gasteiger partial charge >= 0.3 is 5.97 Å². The molecule has 4 heterocycles. The molecule has 0 radical (unpaired) electrons. The highest BCUT2D eigenvalue weighted by atomic mass is 16.4. The Morgan fingerprint density at radius 3 is 2.48 bits per heavy atom. The molecule has 0 saturated carbocycles. The number of carboxylic acids is 1. The molecular formula is C17H18N6O2. The van der Waals surface area contributed by atoms with Crippen molar-refractivity contribution in [3.8, 4) is 0 Å². The molecule has 1 fully saturated rings. The van der Waals surface area contributed by atoms with E-state index in [4.69, 9.17) is 5.11 Å². The number of aromatic nitrogens is 4. The van der Waals surface area contributed by atoms with Crippen molar-refractivity contribution < 1.29 is 9.90 Å². The Hall–Kier alpha value is -3.16. The first kappa shape index (κ1) is 15.4. The number of nitrogens with zero attached hydrogens (tertiary/aromatic N) is 6.